The van der Waals surface area contributed by atoms with E-state index in [1.807, 2.05) is 50.5 Å². The van der Waals surface area contributed by atoms with Crippen molar-refractivity contribution in [1.82, 2.24) is 10.3 Å². The van der Waals surface area contributed by atoms with Crippen LogP contribution in [0, 0.1) is 6.92 Å². The molecule has 0 radical (unpaired) electrons. The summed E-state index contributed by atoms with van der Waals surface area (Å²) in [7, 11) is 1.64. The third-order valence-electron chi connectivity index (χ3n) is 3.86. The SMILES string of the molecule is CCNC(=NCCc1ccncc1C)Nc1ccc(OCC)c(OC)c1.I. The summed E-state index contributed by atoms with van der Waals surface area (Å²) < 4.78 is 11.0. The van der Waals surface area contributed by atoms with Gasteiger partial charge in [0, 0.05) is 37.2 Å². The highest BCUT2D eigenvalue weighted by atomic mass is 127. The second-order valence-corrected chi connectivity index (χ2v) is 5.74. The second-order valence-electron chi connectivity index (χ2n) is 5.74. The molecule has 2 rings (SSSR count). The fourth-order valence-corrected chi connectivity index (χ4v) is 2.53. The molecule has 2 N–H and O–H groups in total. The van der Waals surface area contributed by atoms with Gasteiger partial charge >= 0.3 is 0 Å². The molecule has 0 aliphatic carbocycles. The van der Waals surface area contributed by atoms with Crippen LogP contribution < -0.4 is 20.1 Å². The lowest BCUT2D eigenvalue weighted by Crippen LogP contribution is -2.30. The molecule has 2 aromatic rings. The number of hydrogen-bond acceptors (Lipinski definition) is 4. The van der Waals surface area contributed by atoms with Gasteiger partial charge in [-0.2, -0.15) is 0 Å². The lowest BCUT2D eigenvalue weighted by atomic mass is 10.1. The van der Waals surface area contributed by atoms with Gasteiger partial charge in [-0.15, -0.1) is 24.0 Å². The first kappa shape index (κ1) is 23.0. The first-order chi connectivity index (χ1) is 12.7. The quantitative estimate of drug-likeness (QED) is 0.337. The monoisotopic (exact) mass is 484 g/mol. The van der Waals surface area contributed by atoms with Gasteiger partial charge in [-0.1, -0.05) is 0 Å². The number of benzene rings is 1. The topological polar surface area (TPSA) is 67.8 Å². The zero-order valence-corrected chi connectivity index (χ0v) is 18.7. The Morgan fingerprint density at radius 2 is 2.00 bits per heavy atom. The molecule has 1 aromatic heterocycles. The number of aliphatic imine (C=N–C) groups is 1. The first-order valence-electron chi connectivity index (χ1n) is 8.93. The number of ether oxygens (including phenoxy) is 2. The number of nitrogens with zero attached hydrogens (tertiary/aromatic N) is 2. The third-order valence-corrected chi connectivity index (χ3v) is 3.86. The van der Waals surface area contributed by atoms with E-state index in [9.17, 15) is 0 Å². The van der Waals surface area contributed by atoms with Crippen LogP contribution in [-0.4, -0.2) is 37.7 Å². The molecule has 27 heavy (non-hydrogen) atoms. The highest BCUT2D eigenvalue weighted by Crippen LogP contribution is 2.30. The summed E-state index contributed by atoms with van der Waals surface area (Å²) in [6.45, 7) is 8.14. The number of rotatable bonds is 8. The van der Waals surface area contributed by atoms with Crippen molar-refractivity contribution in [3.63, 3.8) is 0 Å². The number of halogens is 1. The minimum atomic E-state index is 0. The number of methoxy groups -OCH3 is 1. The number of pyridine rings is 1. The van der Waals surface area contributed by atoms with Crippen molar-refractivity contribution in [2.45, 2.75) is 27.2 Å². The van der Waals surface area contributed by atoms with Crippen molar-refractivity contribution < 1.29 is 9.47 Å². The van der Waals surface area contributed by atoms with Gasteiger partial charge in [0.05, 0.1) is 13.7 Å². The van der Waals surface area contributed by atoms with E-state index in [0.717, 1.165) is 30.4 Å². The van der Waals surface area contributed by atoms with Gasteiger partial charge < -0.3 is 20.1 Å². The van der Waals surface area contributed by atoms with Crippen LogP contribution in [0.25, 0.3) is 0 Å². The van der Waals surface area contributed by atoms with Gasteiger partial charge in [-0.3, -0.25) is 9.98 Å². The molecule has 0 bridgehead atoms. The molecule has 0 saturated heterocycles. The van der Waals surface area contributed by atoms with Crippen molar-refractivity contribution in [3.8, 4) is 11.5 Å². The standard InChI is InChI=1S/C20H28N4O2.HI/c1-5-22-20(23-12-10-16-9-11-21-14-15(16)3)24-17-7-8-18(26-6-2)19(13-17)25-4;/h7-9,11,13-14H,5-6,10,12H2,1-4H3,(H2,22,23,24);1H. The van der Waals surface area contributed by atoms with E-state index in [2.05, 4.69) is 27.5 Å². The Morgan fingerprint density at radius 3 is 2.67 bits per heavy atom. The summed E-state index contributed by atoms with van der Waals surface area (Å²) >= 11 is 0. The van der Waals surface area contributed by atoms with E-state index in [0.29, 0.717) is 18.9 Å². The van der Waals surface area contributed by atoms with Crippen molar-refractivity contribution in [1.29, 1.82) is 0 Å². The molecule has 6 nitrogen and oxygen atoms in total. The number of nitrogens with one attached hydrogen (secondary N) is 2. The van der Waals surface area contributed by atoms with E-state index in [-0.39, 0.29) is 24.0 Å². The fraction of sp³-hybridized carbons (Fsp3) is 0.400. The molecule has 1 heterocycles. The molecule has 148 valence electrons. The Morgan fingerprint density at radius 1 is 1.19 bits per heavy atom. The molecule has 0 spiro atoms. The smallest absolute Gasteiger partial charge is 0.195 e. The normalized spacial score (nSPS) is 10.7. The molecule has 0 fully saturated rings. The van der Waals surface area contributed by atoms with Crippen molar-refractivity contribution in [2.75, 3.05) is 32.1 Å². The van der Waals surface area contributed by atoms with Gasteiger partial charge in [0.1, 0.15) is 0 Å². The van der Waals surface area contributed by atoms with Crippen molar-refractivity contribution >= 4 is 35.6 Å². The van der Waals surface area contributed by atoms with Gasteiger partial charge in [-0.05, 0) is 56.5 Å². The van der Waals surface area contributed by atoms with Crippen LogP contribution in [0.3, 0.4) is 0 Å². The highest BCUT2D eigenvalue weighted by molar-refractivity contribution is 14.0. The van der Waals surface area contributed by atoms with E-state index in [1.165, 1.54) is 11.1 Å². The molecule has 0 amide bonds. The van der Waals surface area contributed by atoms with E-state index >= 15 is 0 Å². The van der Waals surface area contributed by atoms with Crippen LogP contribution in [0.1, 0.15) is 25.0 Å². The van der Waals surface area contributed by atoms with Crippen LogP contribution >= 0.6 is 24.0 Å². The third kappa shape index (κ3) is 7.24. The molecule has 0 aliphatic heterocycles. The summed E-state index contributed by atoms with van der Waals surface area (Å²) in [5.74, 6) is 2.17. The molecule has 0 atom stereocenters. The molecule has 0 unspecified atom stereocenters. The van der Waals surface area contributed by atoms with E-state index in [4.69, 9.17) is 9.47 Å². The van der Waals surface area contributed by atoms with Crippen LogP contribution in [0.4, 0.5) is 5.69 Å². The van der Waals surface area contributed by atoms with Gasteiger partial charge in [0.2, 0.25) is 0 Å². The van der Waals surface area contributed by atoms with Gasteiger partial charge in [0.25, 0.3) is 0 Å². The van der Waals surface area contributed by atoms with E-state index in [1.54, 1.807) is 7.11 Å². The maximum absolute atomic E-state index is 5.56. The van der Waals surface area contributed by atoms with Crippen molar-refractivity contribution in [2.24, 2.45) is 4.99 Å². The Balaban J connectivity index is 0.00000364. The summed E-state index contributed by atoms with van der Waals surface area (Å²) in [6, 6.07) is 7.80. The minimum Gasteiger partial charge on any atom is -0.493 e. The number of hydrogen-bond donors (Lipinski definition) is 2. The molecular weight excluding hydrogens is 455 g/mol. The molecule has 0 aliphatic rings. The first-order valence-corrected chi connectivity index (χ1v) is 8.93. The zero-order chi connectivity index (χ0) is 18.8. The van der Waals surface area contributed by atoms with Crippen LogP contribution in [0.5, 0.6) is 11.5 Å². The predicted octanol–water partition coefficient (Wildman–Crippen LogP) is 4.04. The zero-order valence-electron chi connectivity index (χ0n) is 16.4. The molecular formula is C20H29IN4O2. The Kier molecular flexibility index (Phi) is 10.5. The second kappa shape index (κ2) is 12.4. The van der Waals surface area contributed by atoms with Gasteiger partial charge in [0.15, 0.2) is 17.5 Å². The Labute approximate surface area is 178 Å². The van der Waals surface area contributed by atoms with Gasteiger partial charge in [-0.25, -0.2) is 0 Å². The van der Waals surface area contributed by atoms with Crippen LogP contribution in [-0.2, 0) is 6.42 Å². The Bertz CT molecular complexity index is 738. The molecule has 7 heteroatoms. The van der Waals surface area contributed by atoms with Crippen LogP contribution in [0.15, 0.2) is 41.7 Å². The number of aryl methyl sites for hydroxylation is 1. The largest absolute Gasteiger partial charge is 0.493 e. The number of guanidine groups is 1. The predicted molar refractivity (Wildman–Crippen MR) is 122 cm³/mol. The lowest BCUT2D eigenvalue weighted by molar-refractivity contribution is 0.311. The van der Waals surface area contributed by atoms with E-state index < -0.39 is 0 Å². The summed E-state index contributed by atoms with van der Waals surface area (Å²) in [6.07, 6.45) is 4.58. The highest BCUT2D eigenvalue weighted by Gasteiger charge is 2.07. The summed E-state index contributed by atoms with van der Waals surface area (Å²) in [4.78, 5) is 8.79. The fourth-order valence-electron chi connectivity index (χ4n) is 2.53. The maximum Gasteiger partial charge on any atom is 0.195 e. The summed E-state index contributed by atoms with van der Waals surface area (Å²) in [5, 5.41) is 6.58. The molecule has 0 saturated carbocycles. The number of aromatic nitrogens is 1. The van der Waals surface area contributed by atoms with Crippen LogP contribution in [0.2, 0.25) is 0 Å². The van der Waals surface area contributed by atoms with Crippen molar-refractivity contribution in [3.05, 3.63) is 47.8 Å². The average Bonchev–Trinajstić information content (AvgIpc) is 2.65. The summed E-state index contributed by atoms with van der Waals surface area (Å²) in [5.41, 5.74) is 3.35. The lowest BCUT2D eigenvalue weighted by Gasteiger charge is -2.14. The Hall–Kier alpha value is -2.03. The average molecular weight is 484 g/mol. The minimum absolute atomic E-state index is 0. The number of anilines is 1. The molecule has 1 aromatic carbocycles. The maximum atomic E-state index is 5.56.